The van der Waals surface area contributed by atoms with Gasteiger partial charge in [-0.15, -0.1) is 0 Å². The molecule has 1 saturated heterocycles. The molecule has 0 saturated carbocycles. The topological polar surface area (TPSA) is 88.1 Å². The van der Waals surface area contributed by atoms with Crippen LogP contribution in [0.3, 0.4) is 0 Å². The molecule has 1 aliphatic rings. The fraction of sp³-hybridized carbons (Fsp3) is 0.417. The van der Waals surface area contributed by atoms with Crippen LogP contribution < -0.4 is 14.8 Å². The van der Waals surface area contributed by atoms with Crippen LogP contribution in [0.25, 0.3) is 0 Å². The molecule has 0 aromatic heterocycles. The summed E-state index contributed by atoms with van der Waals surface area (Å²) in [6.45, 7) is 2.13. The van der Waals surface area contributed by atoms with Gasteiger partial charge in [-0.3, -0.25) is 9.59 Å². The zero-order chi connectivity index (χ0) is 24.1. The van der Waals surface area contributed by atoms with E-state index in [-0.39, 0.29) is 41.9 Å². The number of benzene rings is 2. The number of anilines is 1. The van der Waals surface area contributed by atoms with E-state index in [1.807, 2.05) is 0 Å². The van der Waals surface area contributed by atoms with Crippen molar-refractivity contribution in [2.24, 2.45) is 0 Å². The number of aliphatic hydroxyl groups is 1. The van der Waals surface area contributed by atoms with Crippen LogP contribution in [0, 0.1) is 0 Å². The summed E-state index contributed by atoms with van der Waals surface area (Å²) in [4.78, 5) is 26.8. The Kier molecular flexibility index (Phi) is 7.86. The number of amides is 2. The maximum atomic E-state index is 13.0. The number of carbonyl (C=O) groups is 2. The number of hydrogen-bond acceptors (Lipinski definition) is 5. The number of ether oxygens (including phenoxy) is 2. The summed E-state index contributed by atoms with van der Waals surface area (Å²) in [5, 5.41) is 12.1. The Morgan fingerprint density at radius 2 is 1.91 bits per heavy atom. The fourth-order valence-corrected chi connectivity index (χ4v) is 3.96. The third kappa shape index (κ3) is 6.19. The maximum Gasteiger partial charge on any atom is 0.387 e. The molecule has 0 bridgehead atoms. The van der Waals surface area contributed by atoms with Crippen LogP contribution in [0.2, 0.25) is 0 Å². The van der Waals surface area contributed by atoms with E-state index in [1.54, 1.807) is 50.2 Å². The van der Waals surface area contributed by atoms with Gasteiger partial charge in [0, 0.05) is 25.1 Å². The van der Waals surface area contributed by atoms with E-state index in [0.717, 1.165) is 5.56 Å². The summed E-state index contributed by atoms with van der Waals surface area (Å²) in [7, 11) is 0. The third-order valence-electron chi connectivity index (χ3n) is 5.40. The van der Waals surface area contributed by atoms with Gasteiger partial charge < -0.3 is 24.8 Å². The first-order valence-corrected chi connectivity index (χ1v) is 10.7. The number of halogens is 2. The highest BCUT2D eigenvalue weighted by Gasteiger charge is 2.39. The zero-order valence-electron chi connectivity index (χ0n) is 18.8. The quantitative estimate of drug-likeness (QED) is 0.621. The minimum atomic E-state index is -2.98. The second-order valence-electron chi connectivity index (χ2n) is 8.22. The summed E-state index contributed by atoms with van der Waals surface area (Å²) in [6, 6.07) is 10.8. The summed E-state index contributed by atoms with van der Waals surface area (Å²) in [6.07, 6.45) is 0.104. The highest BCUT2D eigenvalue weighted by Crippen LogP contribution is 2.38. The van der Waals surface area contributed by atoms with Gasteiger partial charge in [-0.25, -0.2) is 0 Å². The number of carbonyl (C=O) groups excluding carboxylic acids is 2. The van der Waals surface area contributed by atoms with Gasteiger partial charge in [-0.1, -0.05) is 18.2 Å². The number of aliphatic hydroxyl groups excluding tert-OH is 1. The molecular formula is C24H28F2N2O5. The molecule has 0 radical (unpaired) electrons. The first-order valence-electron chi connectivity index (χ1n) is 10.7. The average molecular weight is 462 g/mol. The number of nitrogens with zero attached hydrogens (tertiary/aromatic N) is 1. The van der Waals surface area contributed by atoms with Gasteiger partial charge in [0.25, 0.3) is 0 Å². The van der Waals surface area contributed by atoms with Crippen molar-refractivity contribution >= 4 is 17.5 Å². The summed E-state index contributed by atoms with van der Waals surface area (Å²) < 4.78 is 35.8. The van der Waals surface area contributed by atoms with E-state index in [1.165, 1.54) is 17.9 Å². The SMILES string of the molecule is CC(=O)N1CC(c2ccc(OC(F)F)c(OC(C)C)c2)C[C@@H]1C(=O)Nc1cccc(CO)c1. The first kappa shape index (κ1) is 24.4. The number of rotatable bonds is 8. The second kappa shape index (κ2) is 10.6. The van der Waals surface area contributed by atoms with Crippen LogP contribution in [0.1, 0.15) is 44.2 Å². The lowest BCUT2D eigenvalue weighted by Crippen LogP contribution is -2.42. The Morgan fingerprint density at radius 3 is 2.55 bits per heavy atom. The predicted octanol–water partition coefficient (Wildman–Crippen LogP) is 3.91. The van der Waals surface area contributed by atoms with Gasteiger partial charge in [0.1, 0.15) is 6.04 Å². The van der Waals surface area contributed by atoms with Crippen molar-refractivity contribution in [2.75, 3.05) is 11.9 Å². The zero-order valence-corrected chi connectivity index (χ0v) is 18.8. The first-order chi connectivity index (χ1) is 15.7. The molecule has 2 atom stereocenters. The van der Waals surface area contributed by atoms with Crippen molar-refractivity contribution in [3.05, 3.63) is 53.6 Å². The molecular weight excluding hydrogens is 434 g/mol. The van der Waals surface area contributed by atoms with Crippen molar-refractivity contribution in [3.63, 3.8) is 0 Å². The molecule has 1 heterocycles. The maximum absolute atomic E-state index is 13.0. The lowest BCUT2D eigenvalue weighted by Gasteiger charge is -2.22. The van der Waals surface area contributed by atoms with Crippen LogP contribution in [0.5, 0.6) is 11.5 Å². The van der Waals surface area contributed by atoms with Crippen molar-refractivity contribution < 1.29 is 33.0 Å². The van der Waals surface area contributed by atoms with E-state index >= 15 is 0 Å². The monoisotopic (exact) mass is 462 g/mol. The van der Waals surface area contributed by atoms with Crippen LogP contribution in [0.15, 0.2) is 42.5 Å². The minimum absolute atomic E-state index is 0.0677. The summed E-state index contributed by atoms with van der Waals surface area (Å²) in [5.74, 6) is -0.645. The van der Waals surface area contributed by atoms with Gasteiger partial charge in [0.2, 0.25) is 11.8 Å². The van der Waals surface area contributed by atoms with E-state index in [2.05, 4.69) is 10.1 Å². The Labute approximate surface area is 191 Å². The van der Waals surface area contributed by atoms with Gasteiger partial charge in [0.15, 0.2) is 11.5 Å². The molecule has 178 valence electrons. The highest BCUT2D eigenvalue weighted by atomic mass is 19.3. The summed E-state index contributed by atoms with van der Waals surface area (Å²) in [5.41, 5.74) is 1.94. The molecule has 1 unspecified atom stereocenters. The summed E-state index contributed by atoms with van der Waals surface area (Å²) >= 11 is 0. The molecule has 33 heavy (non-hydrogen) atoms. The Morgan fingerprint density at radius 1 is 1.15 bits per heavy atom. The average Bonchev–Trinajstić information content (AvgIpc) is 3.20. The molecule has 7 nitrogen and oxygen atoms in total. The molecule has 3 rings (SSSR count). The number of nitrogens with one attached hydrogen (secondary N) is 1. The number of likely N-dealkylation sites (tertiary alicyclic amines) is 1. The van der Waals surface area contributed by atoms with E-state index in [9.17, 15) is 23.5 Å². The predicted molar refractivity (Wildman–Crippen MR) is 118 cm³/mol. The Hall–Kier alpha value is -3.20. The lowest BCUT2D eigenvalue weighted by atomic mass is 9.95. The number of hydrogen-bond donors (Lipinski definition) is 2. The highest BCUT2D eigenvalue weighted by molar-refractivity contribution is 5.97. The largest absolute Gasteiger partial charge is 0.487 e. The van der Waals surface area contributed by atoms with Crippen LogP contribution in [0.4, 0.5) is 14.5 Å². The molecule has 2 aromatic rings. The molecule has 2 aromatic carbocycles. The molecule has 0 spiro atoms. The molecule has 0 aliphatic carbocycles. The van der Waals surface area contributed by atoms with Crippen molar-refractivity contribution in [1.29, 1.82) is 0 Å². The third-order valence-corrected chi connectivity index (χ3v) is 5.40. The molecule has 2 amide bonds. The van der Waals surface area contributed by atoms with Gasteiger partial charge in [-0.2, -0.15) is 8.78 Å². The smallest absolute Gasteiger partial charge is 0.387 e. The standard InChI is InChI=1S/C24H28F2N2O5/c1-14(2)32-22-11-17(7-8-21(22)33-24(25)26)18-10-20(28(12-18)15(3)30)23(31)27-19-6-4-5-16(9-19)13-29/h4-9,11,14,18,20,24,29H,10,12-13H2,1-3H3,(H,27,31)/t18?,20-/m1/s1. The Balaban J connectivity index is 1.82. The van der Waals surface area contributed by atoms with Gasteiger partial charge in [-0.05, 0) is 55.7 Å². The lowest BCUT2D eigenvalue weighted by molar-refractivity contribution is -0.134. The minimum Gasteiger partial charge on any atom is -0.487 e. The van der Waals surface area contributed by atoms with Crippen LogP contribution in [-0.2, 0) is 16.2 Å². The second-order valence-corrected chi connectivity index (χ2v) is 8.22. The van der Waals surface area contributed by atoms with E-state index in [4.69, 9.17) is 4.74 Å². The van der Waals surface area contributed by atoms with Crippen LogP contribution in [-0.4, -0.2) is 47.1 Å². The molecule has 9 heteroatoms. The number of alkyl halides is 2. The van der Waals surface area contributed by atoms with Crippen LogP contribution >= 0.6 is 0 Å². The molecule has 1 fully saturated rings. The fourth-order valence-electron chi connectivity index (χ4n) is 3.96. The Bertz CT molecular complexity index is 999. The van der Waals surface area contributed by atoms with Crippen molar-refractivity contribution in [3.8, 4) is 11.5 Å². The normalized spacial score (nSPS) is 18.0. The van der Waals surface area contributed by atoms with Gasteiger partial charge >= 0.3 is 6.61 Å². The van der Waals surface area contributed by atoms with Crippen molar-refractivity contribution in [1.82, 2.24) is 4.90 Å². The van der Waals surface area contributed by atoms with E-state index < -0.39 is 12.7 Å². The molecule has 1 aliphatic heterocycles. The van der Waals surface area contributed by atoms with Crippen molar-refractivity contribution in [2.45, 2.75) is 58.5 Å². The van der Waals surface area contributed by atoms with E-state index in [0.29, 0.717) is 24.2 Å². The van der Waals surface area contributed by atoms with Gasteiger partial charge in [0.05, 0.1) is 12.7 Å². The molecule has 2 N–H and O–H groups in total.